The summed E-state index contributed by atoms with van der Waals surface area (Å²) in [4.78, 5) is 11.5. The van der Waals surface area contributed by atoms with Crippen LogP contribution in [0, 0.1) is 6.57 Å². The van der Waals surface area contributed by atoms with Crippen LogP contribution in [0.2, 0.25) is 0 Å². The molecule has 0 spiro atoms. The minimum Gasteiger partial charge on any atom is -0.394 e. The molecule has 4 nitrogen and oxygen atoms in total. The Morgan fingerprint density at radius 3 is 2.36 bits per heavy atom. The second-order valence-corrected chi connectivity index (χ2v) is 4.72. The minimum atomic E-state index is -4.38. The quantitative estimate of drug-likeness (QED) is 0.631. The number of fused-ring (bicyclic) bond motifs is 1. The highest BCUT2D eigenvalue weighted by Gasteiger charge is 2.30. The molecule has 0 bridgehead atoms. The lowest BCUT2D eigenvalue weighted by Gasteiger charge is -2.07. The van der Waals surface area contributed by atoms with Gasteiger partial charge in [0.25, 0.3) is 0 Å². The number of hydrogen-bond acceptors (Lipinski definition) is 2. The van der Waals surface area contributed by atoms with E-state index in [-0.39, 0.29) is 5.95 Å². The summed E-state index contributed by atoms with van der Waals surface area (Å²) in [6.07, 6.45) is -2.62. The summed E-state index contributed by atoms with van der Waals surface area (Å²) >= 11 is 0. The zero-order chi connectivity index (χ0) is 15.9. The van der Waals surface area contributed by atoms with Gasteiger partial charge in [-0.3, -0.25) is 0 Å². The molecule has 0 atom stereocenters. The summed E-state index contributed by atoms with van der Waals surface area (Å²) < 4.78 is 39.7. The maximum Gasteiger partial charge on any atom is 0.416 e. The second-order valence-electron chi connectivity index (χ2n) is 4.72. The highest BCUT2D eigenvalue weighted by molar-refractivity contribution is 5.91. The first-order chi connectivity index (χ1) is 10.4. The lowest BCUT2D eigenvalue weighted by atomic mass is 10.1. The summed E-state index contributed by atoms with van der Waals surface area (Å²) in [6.45, 7) is 7.05. The number of hydrogen-bond donors (Lipinski definition) is 0. The molecule has 2 heterocycles. The lowest BCUT2D eigenvalue weighted by Crippen LogP contribution is -2.04. The second kappa shape index (κ2) is 4.84. The number of alkyl halides is 3. The van der Waals surface area contributed by atoms with Crippen LogP contribution in [0.5, 0.6) is 0 Å². The van der Waals surface area contributed by atoms with E-state index in [4.69, 9.17) is 6.57 Å². The molecule has 3 rings (SSSR count). The van der Waals surface area contributed by atoms with Crippen LogP contribution in [0.4, 0.5) is 19.1 Å². The first-order valence-corrected chi connectivity index (χ1v) is 6.28. The summed E-state index contributed by atoms with van der Waals surface area (Å²) in [7, 11) is 1.79. The topological polar surface area (TPSA) is 35.1 Å². The normalized spacial score (nSPS) is 11.6. The zero-order valence-corrected chi connectivity index (χ0v) is 11.4. The number of rotatable bonds is 1. The van der Waals surface area contributed by atoms with E-state index in [1.165, 1.54) is 12.1 Å². The van der Waals surface area contributed by atoms with Crippen LogP contribution < -0.4 is 0 Å². The third kappa shape index (κ3) is 2.29. The molecule has 0 aliphatic heterocycles. The molecule has 7 heteroatoms. The Balaban J connectivity index is 2.21. The van der Waals surface area contributed by atoms with E-state index in [0.29, 0.717) is 22.3 Å². The fourth-order valence-corrected chi connectivity index (χ4v) is 2.25. The van der Waals surface area contributed by atoms with Crippen molar-refractivity contribution in [3.8, 4) is 11.3 Å². The van der Waals surface area contributed by atoms with Crippen LogP contribution >= 0.6 is 0 Å². The van der Waals surface area contributed by atoms with Crippen LogP contribution in [-0.4, -0.2) is 14.5 Å². The molecule has 0 amide bonds. The fourth-order valence-electron chi connectivity index (χ4n) is 2.25. The first-order valence-electron chi connectivity index (χ1n) is 6.28. The van der Waals surface area contributed by atoms with Crippen LogP contribution in [0.1, 0.15) is 5.56 Å². The smallest absolute Gasteiger partial charge is 0.394 e. The Hall–Kier alpha value is -2.88. The molecule has 3 aromatic rings. The Kier molecular flexibility index (Phi) is 3.10. The van der Waals surface area contributed by atoms with Gasteiger partial charge < -0.3 is 9.41 Å². The summed E-state index contributed by atoms with van der Waals surface area (Å²) in [5.41, 5.74) is 1.48. The van der Waals surface area contributed by atoms with Gasteiger partial charge in [-0.25, -0.2) is 0 Å². The van der Waals surface area contributed by atoms with Crippen LogP contribution in [0.3, 0.4) is 0 Å². The summed E-state index contributed by atoms with van der Waals surface area (Å²) in [5, 5.41) is 0. The largest absolute Gasteiger partial charge is 0.416 e. The van der Waals surface area contributed by atoms with Gasteiger partial charge in [-0.15, -0.1) is 16.5 Å². The molecule has 0 saturated heterocycles. The molecule has 0 N–H and O–H groups in total. The first kappa shape index (κ1) is 14.1. The molecule has 0 aliphatic rings. The Bertz CT molecular complexity index is 886. The van der Waals surface area contributed by atoms with E-state index in [9.17, 15) is 13.2 Å². The van der Waals surface area contributed by atoms with Gasteiger partial charge in [0.05, 0.1) is 5.56 Å². The molecule has 0 aliphatic carbocycles. The third-order valence-electron chi connectivity index (χ3n) is 3.29. The minimum absolute atomic E-state index is 0.0337. The average Bonchev–Trinajstić information content (AvgIpc) is 2.87. The molecule has 110 valence electrons. The van der Waals surface area contributed by atoms with E-state index in [1.54, 1.807) is 23.9 Å². The van der Waals surface area contributed by atoms with E-state index in [2.05, 4.69) is 14.8 Å². The van der Waals surface area contributed by atoms with Crippen molar-refractivity contribution in [1.82, 2.24) is 14.5 Å². The highest BCUT2D eigenvalue weighted by atomic mass is 19.4. The number of nitrogens with zero attached hydrogens (tertiary/aromatic N) is 4. The number of aromatic nitrogens is 3. The predicted octanol–water partition coefficient (Wildman–Crippen LogP) is 4.20. The van der Waals surface area contributed by atoms with Gasteiger partial charge in [0.1, 0.15) is 11.0 Å². The number of aryl methyl sites for hydroxylation is 1. The zero-order valence-electron chi connectivity index (χ0n) is 11.4. The van der Waals surface area contributed by atoms with Crippen molar-refractivity contribution in [2.75, 3.05) is 0 Å². The molecule has 0 unspecified atom stereocenters. The predicted molar refractivity (Wildman–Crippen MR) is 75.2 cm³/mol. The maximum absolute atomic E-state index is 12.6. The van der Waals surface area contributed by atoms with Gasteiger partial charge in [-0.1, -0.05) is 12.1 Å². The van der Waals surface area contributed by atoms with Crippen molar-refractivity contribution in [3.63, 3.8) is 0 Å². The van der Waals surface area contributed by atoms with Crippen molar-refractivity contribution in [2.24, 2.45) is 7.05 Å². The molecular formula is C15H9F3N4. The average molecular weight is 302 g/mol. The molecular weight excluding hydrogens is 293 g/mol. The van der Waals surface area contributed by atoms with Gasteiger partial charge in [0.2, 0.25) is 0 Å². The van der Waals surface area contributed by atoms with Crippen molar-refractivity contribution in [2.45, 2.75) is 6.18 Å². The Morgan fingerprint density at radius 2 is 1.77 bits per heavy atom. The standard InChI is InChI=1S/C15H9F3N4/c1-19-14-20-11-7-8-22(2)13(11)12(21-14)9-3-5-10(6-4-9)15(16,17)18/h3-8H,2H3. The number of benzene rings is 1. The van der Waals surface area contributed by atoms with Gasteiger partial charge in [0.15, 0.2) is 5.69 Å². The van der Waals surface area contributed by atoms with Gasteiger partial charge >= 0.3 is 12.1 Å². The van der Waals surface area contributed by atoms with E-state index in [1.807, 2.05) is 0 Å². The van der Waals surface area contributed by atoms with E-state index >= 15 is 0 Å². The van der Waals surface area contributed by atoms with Crippen molar-refractivity contribution < 1.29 is 13.2 Å². The summed E-state index contributed by atoms with van der Waals surface area (Å²) in [5.74, 6) is -0.0337. The number of halogens is 3. The molecule has 0 radical (unpaired) electrons. The molecule has 1 aromatic carbocycles. The van der Waals surface area contributed by atoms with Crippen molar-refractivity contribution in [1.29, 1.82) is 0 Å². The van der Waals surface area contributed by atoms with E-state index < -0.39 is 11.7 Å². The highest BCUT2D eigenvalue weighted by Crippen LogP contribution is 2.33. The van der Waals surface area contributed by atoms with Crippen molar-refractivity contribution >= 4 is 17.0 Å². The maximum atomic E-state index is 12.6. The third-order valence-corrected chi connectivity index (χ3v) is 3.29. The van der Waals surface area contributed by atoms with Crippen LogP contribution in [0.25, 0.3) is 27.1 Å². The van der Waals surface area contributed by atoms with Gasteiger partial charge in [-0.05, 0) is 18.2 Å². The van der Waals surface area contributed by atoms with Gasteiger partial charge in [0, 0.05) is 18.8 Å². The lowest BCUT2D eigenvalue weighted by molar-refractivity contribution is -0.137. The Labute approximate surface area is 123 Å². The van der Waals surface area contributed by atoms with Gasteiger partial charge in [-0.2, -0.15) is 13.2 Å². The molecule has 0 saturated carbocycles. The molecule has 0 fully saturated rings. The monoisotopic (exact) mass is 302 g/mol. The summed E-state index contributed by atoms with van der Waals surface area (Å²) in [6, 6.07) is 6.45. The molecule has 2 aromatic heterocycles. The van der Waals surface area contributed by atoms with E-state index in [0.717, 1.165) is 12.1 Å². The van der Waals surface area contributed by atoms with Crippen molar-refractivity contribution in [3.05, 3.63) is 53.5 Å². The molecule has 22 heavy (non-hydrogen) atoms. The SMILES string of the molecule is [C-]#[N+]c1nc(-c2ccc(C(F)(F)F)cc2)c2c(ccn2C)n1. The fraction of sp³-hybridized carbons (Fsp3) is 0.133. The Morgan fingerprint density at radius 1 is 1.09 bits per heavy atom. The van der Waals surface area contributed by atoms with Crippen LogP contribution in [-0.2, 0) is 13.2 Å². The van der Waals surface area contributed by atoms with Crippen LogP contribution in [0.15, 0.2) is 36.5 Å².